The van der Waals surface area contributed by atoms with Crippen molar-refractivity contribution >= 4 is 11.8 Å². The third-order valence-corrected chi connectivity index (χ3v) is 4.84. The average molecular weight is 330 g/mol. The number of carbonyl (C=O) groups excluding carboxylic acids is 2. The number of piperidine rings is 1. The van der Waals surface area contributed by atoms with Crippen molar-refractivity contribution < 1.29 is 14.3 Å². The standard InChI is InChI=1S/C19H26N2O3/c1-13(2)18(22)20-11-14-6-5-9-21(12-14)19(23)17-10-15-7-3-4-8-16(15)24-17/h3-4,7-8,13-14,17H,5-6,9-12H2,1-2H3,(H,20,22)/t14-,17+/m0/s1. The van der Waals surface area contributed by atoms with Crippen molar-refractivity contribution in [3.63, 3.8) is 0 Å². The maximum absolute atomic E-state index is 12.8. The first-order chi connectivity index (χ1) is 11.5. The molecule has 1 N–H and O–H groups in total. The lowest BCUT2D eigenvalue weighted by molar-refractivity contribution is -0.139. The van der Waals surface area contributed by atoms with Crippen LogP contribution in [0.5, 0.6) is 5.75 Å². The molecule has 2 amide bonds. The Kier molecular flexibility index (Phi) is 5.07. The van der Waals surface area contributed by atoms with E-state index in [-0.39, 0.29) is 17.7 Å². The average Bonchev–Trinajstić information content (AvgIpc) is 3.03. The number of benzene rings is 1. The summed E-state index contributed by atoms with van der Waals surface area (Å²) < 4.78 is 5.83. The van der Waals surface area contributed by atoms with Crippen molar-refractivity contribution in [2.24, 2.45) is 11.8 Å². The molecule has 1 aromatic carbocycles. The third kappa shape index (κ3) is 3.71. The summed E-state index contributed by atoms with van der Waals surface area (Å²) >= 11 is 0. The highest BCUT2D eigenvalue weighted by Gasteiger charge is 2.34. The van der Waals surface area contributed by atoms with Gasteiger partial charge in [0.15, 0.2) is 6.10 Å². The first-order valence-corrected chi connectivity index (χ1v) is 8.85. The Hall–Kier alpha value is -2.04. The number of hydrogen-bond donors (Lipinski definition) is 1. The van der Waals surface area contributed by atoms with Crippen LogP contribution < -0.4 is 10.1 Å². The number of para-hydroxylation sites is 1. The lowest BCUT2D eigenvalue weighted by Crippen LogP contribution is -2.48. The van der Waals surface area contributed by atoms with Crippen LogP contribution in [0, 0.1) is 11.8 Å². The van der Waals surface area contributed by atoms with Crippen LogP contribution >= 0.6 is 0 Å². The van der Waals surface area contributed by atoms with E-state index < -0.39 is 6.10 Å². The molecule has 2 aliphatic rings. The first kappa shape index (κ1) is 16.8. The van der Waals surface area contributed by atoms with Gasteiger partial charge in [-0.3, -0.25) is 9.59 Å². The second-order valence-electron chi connectivity index (χ2n) is 7.11. The molecule has 130 valence electrons. The second-order valence-corrected chi connectivity index (χ2v) is 7.11. The van der Waals surface area contributed by atoms with E-state index in [1.54, 1.807) is 0 Å². The number of rotatable bonds is 4. The van der Waals surface area contributed by atoms with Gasteiger partial charge in [0.1, 0.15) is 5.75 Å². The molecule has 0 saturated carbocycles. The van der Waals surface area contributed by atoms with Crippen LogP contribution in [-0.4, -0.2) is 42.5 Å². The molecule has 1 aromatic rings. The van der Waals surface area contributed by atoms with E-state index in [1.807, 2.05) is 43.0 Å². The summed E-state index contributed by atoms with van der Waals surface area (Å²) in [6.45, 7) is 5.91. The summed E-state index contributed by atoms with van der Waals surface area (Å²) in [5.41, 5.74) is 1.11. The molecule has 5 heteroatoms. The number of amides is 2. The van der Waals surface area contributed by atoms with E-state index >= 15 is 0 Å². The molecule has 1 saturated heterocycles. The van der Waals surface area contributed by atoms with E-state index in [2.05, 4.69) is 5.32 Å². The minimum Gasteiger partial charge on any atom is -0.480 e. The molecule has 2 aliphatic heterocycles. The number of carbonyl (C=O) groups is 2. The predicted octanol–water partition coefficient (Wildman–Crippen LogP) is 2.00. The number of likely N-dealkylation sites (tertiary alicyclic amines) is 1. The molecular formula is C19H26N2O3. The Morgan fingerprint density at radius 3 is 2.88 bits per heavy atom. The Labute approximate surface area is 143 Å². The van der Waals surface area contributed by atoms with Gasteiger partial charge < -0.3 is 15.0 Å². The number of fused-ring (bicyclic) bond motifs is 1. The summed E-state index contributed by atoms with van der Waals surface area (Å²) in [7, 11) is 0. The normalized spacial score (nSPS) is 22.9. The van der Waals surface area contributed by atoms with Crippen molar-refractivity contribution in [2.45, 2.75) is 39.2 Å². The number of hydrogen-bond acceptors (Lipinski definition) is 3. The van der Waals surface area contributed by atoms with Gasteiger partial charge >= 0.3 is 0 Å². The Bertz CT molecular complexity index is 589. The highest BCUT2D eigenvalue weighted by molar-refractivity contribution is 5.82. The molecule has 24 heavy (non-hydrogen) atoms. The van der Waals surface area contributed by atoms with Gasteiger partial charge in [0.05, 0.1) is 0 Å². The maximum atomic E-state index is 12.8. The topological polar surface area (TPSA) is 58.6 Å². The molecule has 0 spiro atoms. The van der Waals surface area contributed by atoms with Gasteiger partial charge in [0, 0.05) is 32.0 Å². The minimum atomic E-state index is -0.397. The van der Waals surface area contributed by atoms with E-state index in [1.165, 1.54) is 0 Å². The molecule has 2 heterocycles. The molecule has 0 unspecified atom stereocenters. The highest BCUT2D eigenvalue weighted by atomic mass is 16.5. The molecule has 0 bridgehead atoms. The molecule has 5 nitrogen and oxygen atoms in total. The SMILES string of the molecule is CC(C)C(=O)NC[C@@H]1CCCN(C(=O)[C@H]2Cc3ccccc3O2)C1. The maximum Gasteiger partial charge on any atom is 0.264 e. The highest BCUT2D eigenvalue weighted by Crippen LogP contribution is 2.29. The van der Waals surface area contributed by atoms with Crippen molar-refractivity contribution in [1.82, 2.24) is 10.2 Å². The first-order valence-electron chi connectivity index (χ1n) is 8.85. The fourth-order valence-electron chi connectivity index (χ4n) is 3.40. The van der Waals surface area contributed by atoms with Gasteiger partial charge in [0.25, 0.3) is 5.91 Å². The molecule has 1 fully saturated rings. The van der Waals surface area contributed by atoms with Gasteiger partial charge in [-0.05, 0) is 30.4 Å². The fraction of sp³-hybridized carbons (Fsp3) is 0.579. The largest absolute Gasteiger partial charge is 0.480 e. The zero-order chi connectivity index (χ0) is 17.1. The number of ether oxygens (including phenoxy) is 1. The zero-order valence-corrected chi connectivity index (χ0v) is 14.5. The molecule has 0 aromatic heterocycles. The zero-order valence-electron chi connectivity index (χ0n) is 14.5. The Morgan fingerprint density at radius 2 is 2.12 bits per heavy atom. The fourth-order valence-corrected chi connectivity index (χ4v) is 3.40. The lowest BCUT2D eigenvalue weighted by atomic mass is 9.97. The summed E-state index contributed by atoms with van der Waals surface area (Å²) in [6.07, 6.45) is 2.29. The van der Waals surface area contributed by atoms with Crippen LogP contribution in [0.25, 0.3) is 0 Å². The molecule has 2 atom stereocenters. The minimum absolute atomic E-state index is 0.00304. The predicted molar refractivity (Wildman–Crippen MR) is 91.7 cm³/mol. The van der Waals surface area contributed by atoms with Crippen LogP contribution in [0.4, 0.5) is 0 Å². The summed E-state index contributed by atoms with van der Waals surface area (Å²) in [6, 6.07) is 7.84. The molecule has 3 rings (SSSR count). The van der Waals surface area contributed by atoms with Crippen LogP contribution in [0.3, 0.4) is 0 Å². The van der Waals surface area contributed by atoms with Gasteiger partial charge in [0.2, 0.25) is 5.91 Å². The smallest absolute Gasteiger partial charge is 0.264 e. The van der Waals surface area contributed by atoms with Gasteiger partial charge in [-0.25, -0.2) is 0 Å². The second kappa shape index (κ2) is 7.24. The van der Waals surface area contributed by atoms with Crippen molar-refractivity contribution in [3.05, 3.63) is 29.8 Å². The van der Waals surface area contributed by atoms with Crippen molar-refractivity contribution in [1.29, 1.82) is 0 Å². The van der Waals surface area contributed by atoms with E-state index in [0.717, 1.165) is 30.7 Å². The van der Waals surface area contributed by atoms with E-state index in [9.17, 15) is 9.59 Å². The van der Waals surface area contributed by atoms with Crippen LogP contribution in [0.15, 0.2) is 24.3 Å². The summed E-state index contributed by atoms with van der Waals surface area (Å²) in [5.74, 6) is 1.30. The van der Waals surface area contributed by atoms with Gasteiger partial charge in [-0.1, -0.05) is 32.0 Å². The quantitative estimate of drug-likeness (QED) is 0.919. The van der Waals surface area contributed by atoms with Crippen molar-refractivity contribution in [2.75, 3.05) is 19.6 Å². The van der Waals surface area contributed by atoms with Crippen LogP contribution in [-0.2, 0) is 16.0 Å². The molecular weight excluding hydrogens is 304 g/mol. The van der Waals surface area contributed by atoms with Gasteiger partial charge in [-0.2, -0.15) is 0 Å². The monoisotopic (exact) mass is 330 g/mol. The molecule has 0 radical (unpaired) electrons. The number of nitrogens with zero attached hydrogens (tertiary/aromatic N) is 1. The van der Waals surface area contributed by atoms with E-state index in [0.29, 0.717) is 25.4 Å². The van der Waals surface area contributed by atoms with Crippen LogP contribution in [0.1, 0.15) is 32.3 Å². The molecule has 0 aliphatic carbocycles. The van der Waals surface area contributed by atoms with E-state index in [4.69, 9.17) is 4.74 Å². The lowest BCUT2D eigenvalue weighted by Gasteiger charge is -2.34. The van der Waals surface area contributed by atoms with Gasteiger partial charge in [-0.15, -0.1) is 0 Å². The van der Waals surface area contributed by atoms with Crippen molar-refractivity contribution in [3.8, 4) is 5.75 Å². The summed E-state index contributed by atoms with van der Waals surface area (Å²) in [4.78, 5) is 26.4. The number of nitrogens with one attached hydrogen (secondary N) is 1. The van der Waals surface area contributed by atoms with Crippen LogP contribution in [0.2, 0.25) is 0 Å². The summed E-state index contributed by atoms with van der Waals surface area (Å²) in [5, 5.41) is 2.99. The third-order valence-electron chi connectivity index (χ3n) is 4.84. The Balaban J connectivity index is 1.53. The Morgan fingerprint density at radius 1 is 1.33 bits per heavy atom.